The Morgan fingerprint density at radius 1 is 1.50 bits per heavy atom. The molecule has 0 aromatic rings. The van der Waals surface area contributed by atoms with Crippen molar-refractivity contribution in [2.24, 2.45) is 11.8 Å². The second-order valence-corrected chi connectivity index (χ2v) is 3.62. The Hall–Kier alpha value is -0.0700. The van der Waals surface area contributed by atoms with Gasteiger partial charge in [0.05, 0.1) is 6.67 Å². The van der Waals surface area contributed by atoms with Gasteiger partial charge in [0.25, 0.3) is 0 Å². The monoisotopic (exact) mass is 144 g/mol. The number of hydrogen-bond donors (Lipinski definition) is 0. The quantitative estimate of drug-likeness (QED) is 0.568. The molecule has 1 unspecified atom stereocenters. The fraction of sp³-hybridized carbons (Fsp3) is 1.00. The van der Waals surface area contributed by atoms with E-state index in [4.69, 9.17) is 0 Å². The zero-order valence-electron chi connectivity index (χ0n) is 6.78. The molecule has 0 amide bonds. The first kappa shape index (κ1) is 8.03. The Labute approximate surface area is 62.8 Å². The molecule has 0 N–H and O–H groups in total. The molecule has 0 saturated heterocycles. The molecular formula is C9H17F. The van der Waals surface area contributed by atoms with Gasteiger partial charge in [-0.1, -0.05) is 26.2 Å². The summed E-state index contributed by atoms with van der Waals surface area (Å²) in [4.78, 5) is 0. The van der Waals surface area contributed by atoms with Gasteiger partial charge in [0, 0.05) is 0 Å². The van der Waals surface area contributed by atoms with Gasteiger partial charge in [0.1, 0.15) is 0 Å². The highest BCUT2D eigenvalue weighted by atomic mass is 19.1. The van der Waals surface area contributed by atoms with Crippen molar-refractivity contribution in [1.29, 1.82) is 0 Å². The molecule has 0 nitrogen and oxygen atoms in total. The van der Waals surface area contributed by atoms with Crippen LogP contribution in [0.1, 0.15) is 39.0 Å². The van der Waals surface area contributed by atoms with E-state index in [1.54, 1.807) is 0 Å². The van der Waals surface area contributed by atoms with Crippen LogP contribution in [0.4, 0.5) is 4.39 Å². The van der Waals surface area contributed by atoms with Crippen LogP contribution < -0.4 is 0 Å². The maximum absolute atomic E-state index is 11.8. The van der Waals surface area contributed by atoms with E-state index in [2.05, 4.69) is 6.92 Å². The third-order valence-electron chi connectivity index (χ3n) is 2.56. The fourth-order valence-electron chi connectivity index (χ4n) is 1.60. The molecule has 10 heavy (non-hydrogen) atoms. The van der Waals surface area contributed by atoms with Gasteiger partial charge in [-0.05, 0) is 24.7 Å². The lowest BCUT2D eigenvalue weighted by Crippen LogP contribution is -2.14. The van der Waals surface area contributed by atoms with Gasteiger partial charge in [0.2, 0.25) is 0 Å². The van der Waals surface area contributed by atoms with Gasteiger partial charge < -0.3 is 0 Å². The summed E-state index contributed by atoms with van der Waals surface area (Å²) in [6.07, 6.45) is 6.25. The molecule has 1 heteroatoms. The normalized spacial score (nSPS) is 22.2. The third kappa shape index (κ3) is 2.28. The van der Waals surface area contributed by atoms with Crippen molar-refractivity contribution in [2.45, 2.75) is 39.0 Å². The molecule has 1 aliphatic carbocycles. The molecule has 0 aromatic carbocycles. The molecule has 1 fully saturated rings. The molecular weight excluding hydrogens is 127 g/mol. The maximum atomic E-state index is 11.8. The standard InChI is InChI=1S/C9H17F/c1-8(5-6-10)7-9-3-2-4-9/h8-9H,2-7H2,1H3. The maximum Gasteiger partial charge on any atom is 0.0897 e. The van der Waals surface area contributed by atoms with E-state index in [0.717, 1.165) is 12.3 Å². The second-order valence-electron chi connectivity index (χ2n) is 3.62. The zero-order valence-corrected chi connectivity index (χ0v) is 6.78. The van der Waals surface area contributed by atoms with Crippen LogP contribution >= 0.6 is 0 Å². The SMILES string of the molecule is CC(CCF)CC1CCC1. The summed E-state index contributed by atoms with van der Waals surface area (Å²) in [7, 11) is 0. The van der Waals surface area contributed by atoms with Crippen molar-refractivity contribution < 1.29 is 4.39 Å². The molecule has 1 atom stereocenters. The first-order chi connectivity index (χ1) is 4.83. The Morgan fingerprint density at radius 3 is 2.60 bits per heavy atom. The molecule has 0 spiro atoms. The summed E-state index contributed by atoms with van der Waals surface area (Å²) in [5, 5.41) is 0. The highest BCUT2D eigenvalue weighted by Gasteiger charge is 2.19. The van der Waals surface area contributed by atoms with Gasteiger partial charge in [-0.15, -0.1) is 0 Å². The predicted octanol–water partition coefficient (Wildman–Crippen LogP) is 3.17. The summed E-state index contributed by atoms with van der Waals surface area (Å²) in [5.74, 6) is 1.57. The number of rotatable bonds is 4. The van der Waals surface area contributed by atoms with Crippen molar-refractivity contribution in [3.8, 4) is 0 Å². The number of alkyl halides is 1. The van der Waals surface area contributed by atoms with E-state index < -0.39 is 0 Å². The fourth-order valence-corrected chi connectivity index (χ4v) is 1.60. The Kier molecular flexibility index (Phi) is 3.17. The Morgan fingerprint density at radius 2 is 2.20 bits per heavy atom. The van der Waals surface area contributed by atoms with Crippen molar-refractivity contribution in [1.82, 2.24) is 0 Å². The molecule has 1 saturated carbocycles. The average Bonchev–Trinajstić information content (AvgIpc) is 1.80. The summed E-state index contributed by atoms with van der Waals surface area (Å²) in [6.45, 7) is 2.03. The van der Waals surface area contributed by atoms with Gasteiger partial charge in [0.15, 0.2) is 0 Å². The van der Waals surface area contributed by atoms with E-state index in [1.807, 2.05) is 0 Å². The van der Waals surface area contributed by atoms with Crippen LogP contribution in [0.15, 0.2) is 0 Å². The van der Waals surface area contributed by atoms with Gasteiger partial charge in [-0.2, -0.15) is 0 Å². The third-order valence-corrected chi connectivity index (χ3v) is 2.56. The minimum atomic E-state index is -0.131. The smallest absolute Gasteiger partial charge is 0.0897 e. The number of halogens is 1. The summed E-state index contributed by atoms with van der Waals surface area (Å²) >= 11 is 0. The molecule has 0 heterocycles. The molecule has 1 aliphatic rings. The van der Waals surface area contributed by atoms with Crippen LogP contribution in [0.5, 0.6) is 0 Å². The van der Waals surface area contributed by atoms with Crippen LogP contribution in [0.3, 0.4) is 0 Å². The van der Waals surface area contributed by atoms with Crippen molar-refractivity contribution in [2.75, 3.05) is 6.67 Å². The summed E-state index contributed by atoms with van der Waals surface area (Å²) in [6, 6.07) is 0. The second kappa shape index (κ2) is 3.95. The molecule has 60 valence electrons. The van der Waals surface area contributed by atoms with Crippen LogP contribution in [0.2, 0.25) is 0 Å². The molecule has 0 radical (unpaired) electrons. The van der Waals surface area contributed by atoms with Crippen molar-refractivity contribution in [3.63, 3.8) is 0 Å². The van der Waals surface area contributed by atoms with E-state index >= 15 is 0 Å². The summed E-state index contributed by atoms with van der Waals surface area (Å²) in [5.41, 5.74) is 0. The number of hydrogen-bond acceptors (Lipinski definition) is 0. The topological polar surface area (TPSA) is 0 Å². The molecule has 1 rings (SSSR count). The van der Waals surface area contributed by atoms with E-state index in [1.165, 1.54) is 25.7 Å². The Bertz CT molecular complexity index is 86.7. The highest BCUT2D eigenvalue weighted by Crippen LogP contribution is 2.32. The van der Waals surface area contributed by atoms with Gasteiger partial charge in [-0.25, -0.2) is 0 Å². The minimum absolute atomic E-state index is 0.131. The van der Waals surface area contributed by atoms with Crippen molar-refractivity contribution >= 4 is 0 Å². The largest absolute Gasteiger partial charge is 0.251 e. The van der Waals surface area contributed by atoms with Crippen LogP contribution in [-0.2, 0) is 0 Å². The Balaban J connectivity index is 1.99. The van der Waals surface area contributed by atoms with E-state index in [9.17, 15) is 4.39 Å². The van der Waals surface area contributed by atoms with E-state index in [-0.39, 0.29) is 6.67 Å². The molecule has 0 aliphatic heterocycles. The van der Waals surface area contributed by atoms with Crippen LogP contribution in [0, 0.1) is 11.8 Å². The van der Waals surface area contributed by atoms with Crippen molar-refractivity contribution in [3.05, 3.63) is 0 Å². The average molecular weight is 144 g/mol. The van der Waals surface area contributed by atoms with Crippen LogP contribution in [-0.4, -0.2) is 6.67 Å². The van der Waals surface area contributed by atoms with E-state index in [0.29, 0.717) is 5.92 Å². The van der Waals surface area contributed by atoms with Gasteiger partial charge in [-0.3, -0.25) is 4.39 Å². The first-order valence-corrected chi connectivity index (χ1v) is 4.39. The molecule has 0 bridgehead atoms. The lowest BCUT2D eigenvalue weighted by Gasteiger charge is -2.27. The minimum Gasteiger partial charge on any atom is -0.251 e. The molecule has 0 aromatic heterocycles. The lowest BCUT2D eigenvalue weighted by atomic mass is 9.79. The summed E-state index contributed by atoms with van der Waals surface area (Å²) < 4.78 is 11.8. The first-order valence-electron chi connectivity index (χ1n) is 4.39. The lowest BCUT2D eigenvalue weighted by molar-refractivity contribution is 0.242. The highest BCUT2D eigenvalue weighted by molar-refractivity contribution is 4.71. The predicted molar refractivity (Wildman–Crippen MR) is 41.7 cm³/mol. The van der Waals surface area contributed by atoms with Gasteiger partial charge >= 0.3 is 0 Å². The van der Waals surface area contributed by atoms with Crippen LogP contribution in [0.25, 0.3) is 0 Å². The zero-order chi connectivity index (χ0) is 7.40.